The predicted octanol–water partition coefficient (Wildman–Crippen LogP) is 2.57. The van der Waals surface area contributed by atoms with Gasteiger partial charge in [-0.3, -0.25) is 9.59 Å². The highest BCUT2D eigenvalue weighted by Gasteiger charge is 2.20. The van der Waals surface area contributed by atoms with Crippen LogP contribution in [0.1, 0.15) is 26.4 Å². The Morgan fingerprint density at radius 2 is 1.81 bits per heavy atom. The molecule has 0 saturated heterocycles. The second-order valence-corrected chi connectivity index (χ2v) is 6.01. The highest BCUT2D eigenvalue weighted by molar-refractivity contribution is 6.13. The van der Waals surface area contributed by atoms with Crippen molar-refractivity contribution in [3.05, 3.63) is 65.4 Å². The Hall–Kier alpha value is -3.32. The molecular weight excluding hydrogens is 344 g/mol. The fourth-order valence-corrected chi connectivity index (χ4v) is 2.63. The second-order valence-electron chi connectivity index (χ2n) is 6.01. The van der Waals surface area contributed by atoms with E-state index in [4.69, 9.17) is 4.74 Å². The summed E-state index contributed by atoms with van der Waals surface area (Å²) in [5, 5.41) is 14.4. The van der Waals surface area contributed by atoms with Crippen molar-refractivity contribution in [2.45, 2.75) is 6.92 Å². The molecule has 0 aliphatic rings. The van der Waals surface area contributed by atoms with Crippen molar-refractivity contribution in [1.82, 2.24) is 15.5 Å². The standard InChI is InChI=1S/C20H20N4O3/c1-13-8-9-16-15(12-13)17(22-19(25)14-6-4-3-5-7-14)18(24-23-16)20(26)21-10-11-27-2/h3-9,12H,10-11H2,1-2H3,(H,21,26)(H,22,23,25). The number of fused-ring (bicyclic) bond motifs is 1. The molecule has 138 valence electrons. The molecule has 0 fully saturated rings. The first-order chi connectivity index (χ1) is 13.1. The summed E-state index contributed by atoms with van der Waals surface area (Å²) in [4.78, 5) is 25.2. The molecule has 0 saturated carbocycles. The fourth-order valence-electron chi connectivity index (χ4n) is 2.63. The van der Waals surface area contributed by atoms with Gasteiger partial charge in [-0.2, -0.15) is 0 Å². The molecule has 2 N–H and O–H groups in total. The number of carbonyl (C=O) groups is 2. The van der Waals surface area contributed by atoms with Gasteiger partial charge in [-0.1, -0.05) is 29.8 Å². The van der Waals surface area contributed by atoms with Gasteiger partial charge in [0.25, 0.3) is 11.8 Å². The number of aryl methyl sites for hydroxylation is 1. The van der Waals surface area contributed by atoms with Gasteiger partial charge in [-0.25, -0.2) is 0 Å². The van der Waals surface area contributed by atoms with Gasteiger partial charge in [0.2, 0.25) is 0 Å². The summed E-state index contributed by atoms with van der Waals surface area (Å²) in [5.41, 5.74) is 2.47. The molecule has 3 rings (SSSR count). The number of methoxy groups -OCH3 is 1. The number of benzene rings is 2. The number of carbonyl (C=O) groups excluding carboxylic acids is 2. The Balaban J connectivity index is 2.03. The molecule has 0 aliphatic heterocycles. The lowest BCUT2D eigenvalue weighted by molar-refractivity contribution is 0.0932. The Morgan fingerprint density at radius 3 is 2.56 bits per heavy atom. The Bertz CT molecular complexity index is 974. The average molecular weight is 364 g/mol. The number of ether oxygens (including phenoxy) is 1. The normalized spacial score (nSPS) is 10.6. The number of anilines is 1. The summed E-state index contributed by atoms with van der Waals surface area (Å²) in [6.45, 7) is 2.63. The van der Waals surface area contributed by atoms with E-state index >= 15 is 0 Å². The zero-order valence-electron chi connectivity index (χ0n) is 15.2. The SMILES string of the molecule is COCCNC(=O)c1nnc2ccc(C)cc2c1NC(=O)c1ccccc1. The first-order valence-corrected chi connectivity index (χ1v) is 8.50. The van der Waals surface area contributed by atoms with Gasteiger partial charge in [-0.15, -0.1) is 10.2 Å². The summed E-state index contributed by atoms with van der Waals surface area (Å²) >= 11 is 0. The van der Waals surface area contributed by atoms with Gasteiger partial charge >= 0.3 is 0 Å². The summed E-state index contributed by atoms with van der Waals surface area (Å²) in [6, 6.07) is 14.4. The van der Waals surface area contributed by atoms with Crippen molar-refractivity contribution in [3.8, 4) is 0 Å². The maximum Gasteiger partial charge on any atom is 0.274 e. The minimum absolute atomic E-state index is 0.0634. The van der Waals surface area contributed by atoms with Gasteiger partial charge in [0, 0.05) is 24.6 Å². The van der Waals surface area contributed by atoms with Gasteiger partial charge < -0.3 is 15.4 Å². The molecule has 7 nitrogen and oxygen atoms in total. The van der Waals surface area contributed by atoms with Crippen LogP contribution in [0.2, 0.25) is 0 Å². The first kappa shape index (κ1) is 18.5. The van der Waals surface area contributed by atoms with Crippen LogP contribution in [0.15, 0.2) is 48.5 Å². The first-order valence-electron chi connectivity index (χ1n) is 8.50. The summed E-state index contributed by atoms with van der Waals surface area (Å²) in [5.74, 6) is -0.747. The van der Waals surface area contributed by atoms with E-state index in [0.29, 0.717) is 35.3 Å². The minimum atomic E-state index is -0.425. The van der Waals surface area contributed by atoms with E-state index in [9.17, 15) is 9.59 Å². The van der Waals surface area contributed by atoms with E-state index < -0.39 is 5.91 Å². The van der Waals surface area contributed by atoms with Gasteiger partial charge in [-0.05, 0) is 31.2 Å². The van der Waals surface area contributed by atoms with E-state index in [1.807, 2.05) is 31.2 Å². The molecule has 2 amide bonds. The number of nitrogens with zero attached hydrogens (tertiary/aromatic N) is 2. The second kappa shape index (κ2) is 8.37. The van der Waals surface area contributed by atoms with Gasteiger partial charge in [0.05, 0.1) is 17.8 Å². The van der Waals surface area contributed by atoms with E-state index in [1.54, 1.807) is 31.4 Å². The van der Waals surface area contributed by atoms with Crippen molar-refractivity contribution >= 4 is 28.4 Å². The number of rotatable bonds is 6. The molecule has 0 atom stereocenters. The molecule has 2 aromatic carbocycles. The Kier molecular flexibility index (Phi) is 5.73. The largest absolute Gasteiger partial charge is 0.383 e. The van der Waals surface area contributed by atoms with Crippen molar-refractivity contribution < 1.29 is 14.3 Å². The van der Waals surface area contributed by atoms with E-state index in [2.05, 4.69) is 20.8 Å². The third-order valence-electron chi connectivity index (χ3n) is 4.00. The Labute approximate surface area is 156 Å². The van der Waals surface area contributed by atoms with E-state index in [1.165, 1.54) is 0 Å². The van der Waals surface area contributed by atoms with Crippen LogP contribution in [0.25, 0.3) is 10.9 Å². The van der Waals surface area contributed by atoms with Gasteiger partial charge in [0.15, 0.2) is 5.69 Å². The maximum absolute atomic E-state index is 12.7. The number of hydrogen-bond donors (Lipinski definition) is 2. The molecule has 1 heterocycles. The average Bonchev–Trinajstić information content (AvgIpc) is 2.69. The zero-order chi connectivity index (χ0) is 19.2. The molecule has 0 unspecified atom stereocenters. The summed E-state index contributed by atoms with van der Waals surface area (Å²) < 4.78 is 4.95. The highest BCUT2D eigenvalue weighted by Crippen LogP contribution is 2.26. The van der Waals surface area contributed by atoms with Crippen molar-refractivity contribution in [2.75, 3.05) is 25.6 Å². The van der Waals surface area contributed by atoms with Crippen molar-refractivity contribution in [1.29, 1.82) is 0 Å². The van der Waals surface area contributed by atoms with Crippen molar-refractivity contribution in [3.63, 3.8) is 0 Å². The third-order valence-corrected chi connectivity index (χ3v) is 4.00. The third kappa shape index (κ3) is 4.27. The molecule has 0 bridgehead atoms. The zero-order valence-corrected chi connectivity index (χ0v) is 15.2. The quantitative estimate of drug-likeness (QED) is 0.656. The Morgan fingerprint density at radius 1 is 1.04 bits per heavy atom. The molecule has 1 aromatic heterocycles. The minimum Gasteiger partial charge on any atom is -0.383 e. The van der Waals surface area contributed by atoms with Crippen LogP contribution in [0.3, 0.4) is 0 Å². The number of aromatic nitrogens is 2. The van der Waals surface area contributed by atoms with Gasteiger partial charge in [0.1, 0.15) is 0 Å². The lowest BCUT2D eigenvalue weighted by Crippen LogP contribution is -2.29. The fraction of sp³-hybridized carbons (Fsp3) is 0.200. The van der Waals surface area contributed by atoms with Crippen LogP contribution in [-0.2, 0) is 4.74 Å². The molecule has 3 aromatic rings. The summed E-state index contributed by atoms with van der Waals surface area (Å²) in [7, 11) is 1.55. The van der Waals surface area contributed by atoms with Crippen LogP contribution in [0, 0.1) is 6.92 Å². The molecular formula is C20H20N4O3. The van der Waals surface area contributed by atoms with Crippen LogP contribution in [0.5, 0.6) is 0 Å². The van der Waals surface area contributed by atoms with Crippen molar-refractivity contribution in [2.24, 2.45) is 0 Å². The molecule has 0 radical (unpaired) electrons. The van der Waals surface area contributed by atoms with E-state index in [-0.39, 0.29) is 11.6 Å². The molecule has 27 heavy (non-hydrogen) atoms. The summed E-state index contributed by atoms with van der Waals surface area (Å²) in [6.07, 6.45) is 0. The lowest BCUT2D eigenvalue weighted by atomic mass is 10.1. The topological polar surface area (TPSA) is 93.2 Å². The maximum atomic E-state index is 12.7. The molecule has 7 heteroatoms. The van der Waals surface area contributed by atoms with Crippen LogP contribution in [0.4, 0.5) is 5.69 Å². The smallest absolute Gasteiger partial charge is 0.274 e. The van der Waals surface area contributed by atoms with E-state index in [0.717, 1.165) is 5.56 Å². The highest BCUT2D eigenvalue weighted by atomic mass is 16.5. The monoisotopic (exact) mass is 364 g/mol. The molecule has 0 spiro atoms. The molecule has 0 aliphatic carbocycles. The van der Waals surface area contributed by atoms with Crippen LogP contribution >= 0.6 is 0 Å². The van der Waals surface area contributed by atoms with Crippen LogP contribution in [-0.4, -0.2) is 42.3 Å². The lowest BCUT2D eigenvalue weighted by Gasteiger charge is -2.13. The number of hydrogen-bond acceptors (Lipinski definition) is 5. The number of amides is 2. The number of nitrogens with one attached hydrogen (secondary N) is 2. The predicted molar refractivity (Wildman–Crippen MR) is 103 cm³/mol. The van der Waals surface area contributed by atoms with Crippen LogP contribution < -0.4 is 10.6 Å².